The monoisotopic (exact) mass is 255 g/mol. The Morgan fingerprint density at radius 3 is 2.63 bits per heavy atom. The van der Waals surface area contributed by atoms with E-state index in [0.29, 0.717) is 17.9 Å². The van der Waals surface area contributed by atoms with E-state index in [-0.39, 0.29) is 5.97 Å². The van der Waals surface area contributed by atoms with Crippen LogP contribution in [0, 0.1) is 6.92 Å². The Balaban J connectivity index is 2.48. The van der Waals surface area contributed by atoms with Gasteiger partial charge in [0.15, 0.2) is 0 Å². The standard InChI is InChI=1S/C16H17NO2/c1-3-19-16(18)13-9-11(2)8-12(10-13)14-6-4-5-7-15(14)17/h4-10H,3,17H2,1-2H3. The SMILES string of the molecule is CCOC(=O)c1cc(C)cc(-c2ccccc2N)c1. The summed E-state index contributed by atoms with van der Waals surface area (Å²) in [4.78, 5) is 11.8. The lowest BCUT2D eigenvalue weighted by Crippen LogP contribution is -2.05. The lowest BCUT2D eigenvalue weighted by molar-refractivity contribution is 0.0526. The highest BCUT2D eigenvalue weighted by Gasteiger charge is 2.10. The maximum atomic E-state index is 11.8. The van der Waals surface area contributed by atoms with Gasteiger partial charge in [0.05, 0.1) is 12.2 Å². The average Bonchev–Trinajstić information content (AvgIpc) is 2.39. The zero-order valence-corrected chi connectivity index (χ0v) is 11.1. The molecule has 2 N–H and O–H groups in total. The van der Waals surface area contributed by atoms with E-state index in [1.54, 1.807) is 6.92 Å². The van der Waals surface area contributed by atoms with E-state index in [2.05, 4.69) is 0 Å². The lowest BCUT2D eigenvalue weighted by Gasteiger charge is -2.09. The molecule has 0 fully saturated rings. The van der Waals surface area contributed by atoms with Gasteiger partial charge < -0.3 is 10.5 Å². The predicted octanol–water partition coefficient (Wildman–Crippen LogP) is 3.42. The molecule has 3 nitrogen and oxygen atoms in total. The van der Waals surface area contributed by atoms with E-state index in [0.717, 1.165) is 16.7 Å². The molecule has 2 aromatic rings. The second-order valence-electron chi connectivity index (χ2n) is 4.40. The van der Waals surface area contributed by atoms with Crippen LogP contribution in [0.3, 0.4) is 0 Å². The minimum atomic E-state index is -0.304. The number of anilines is 1. The highest BCUT2D eigenvalue weighted by Crippen LogP contribution is 2.27. The number of esters is 1. The van der Waals surface area contributed by atoms with Crippen LogP contribution in [-0.4, -0.2) is 12.6 Å². The first-order valence-electron chi connectivity index (χ1n) is 6.25. The van der Waals surface area contributed by atoms with Crippen molar-refractivity contribution in [2.45, 2.75) is 13.8 Å². The third-order valence-corrected chi connectivity index (χ3v) is 2.86. The number of para-hydroxylation sites is 1. The van der Waals surface area contributed by atoms with Crippen molar-refractivity contribution in [2.75, 3.05) is 12.3 Å². The summed E-state index contributed by atoms with van der Waals surface area (Å²) in [6.07, 6.45) is 0. The summed E-state index contributed by atoms with van der Waals surface area (Å²) in [5.41, 5.74) is 10.1. The number of rotatable bonds is 3. The smallest absolute Gasteiger partial charge is 0.338 e. The van der Waals surface area contributed by atoms with Crippen LogP contribution in [0.15, 0.2) is 42.5 Å². The highest BCUT2D eigenvalue weighted by molar-refractivity contribution is 5.92. The van der Waals surface area contributed by atoms with E-state index < -0.39 is 0 Å². The first-order chi connectivity index (χ1) is 9.11. The average molecular weight is 255 g/mol. The summed E-state index contributed by atoms with van der Waals surface area (Å²) in [6.45, 7) is 4.12. The second-order valence-corrected chi connectivity index (χ2v) is 4.40. The van der Waals surface area contributed by atoms with Crippen molar-refractivity contribution in [1.29, 1.82) is 0 Å². The lowest BCUT2D eigenvalue weighted by atomic mass is 9.99. The molecule has 2 rings (SSSR count). The van der Waals surface area contributed by atoms with E-state index in [9.17, 15) is 4.79 Å². The summed E-state index contributed by atoms with van der Waals surface area (Å²) < 4.78 is 5.03. The zero-order chi connectivity index (χ0) is 13.8. The van der Waals surface area contributed by atoms with Crippen LogP contribution in [0.1, 0.15) is 22.8 Å². The molecule has 3 heteroatoms. The van der Waals surface area contributed by atoms with Crippen molar-refractivity contribution >= 4 is 11.7 Å². The molecule has 98 valence electrons. The molecular formula is C16H17NO2. The molecule has 0 atom stereocenters. The van der Waals surface area contributed by atoms with Gasteiger partial charge in [0.2, 0.25) is 0 Å². The molecule has 0 radical (unpaired) electrons. The van der Waals surface area contributed by atoms with Crippen LogP contribution in [-0.2, 0) is 4.74 Å². The molecule has 0 aliphatic rings. The first kappa shape index (κ1) is 13.1. The number of hydrogen-bond acceptors (Lipinski definition) is 3. The number of carbonyl (C=O) groups is 1. The summed E-state index contributed by atoms with van der Waals surface area (Å²) in [6, 6.07) is 13.3. The molecule has 2 aromatic carbocycles. The van der Waals surface area contributed by atoms with Crippen molar-refractivity contribution in [2.24, 2.45) is 0 Å². The number of aryl methyl sites for hydroxylation is 1. The van der Waals surface area contributed by atoms with Crippen molar-refractivity contribution in [3.63, 3.8) is 0 Å². The van der Waals surface area contributed by atoms with E-state index >= 15 is 0 Å². The molecule has 0 saturated heterocycles. The third kappa shape index (κ3) is 2.94. The molecule has 0 spiro atoms. The summed E-state index contributed by atoms with van der Waals surface area (Å²) in [7, 11) is 0. The fourth-order valence-corrected chi connectivity index (χ4v) is 2.03. The van der Waals surface area contributed by atoms with Crippen molar-refractivity contribution < 1.29 is 9.53 Å². The van der Waals surface area contributed by atoms with Crippen LogP contribution in [0.5, 0.6) is 0 Å². The summed E-state index contributed by atoms with van der Waals surface area (Å²) in [5, 5.41) is 0. The van der Waals surface area contributed by atoms with Gasteiger partial charge in [-0.2, -0.15) is 0 Å². The number of nitrogens with two attached hydrogens (primary N) is 1. The van der Waals surface area contributed by atoms with Crippen molar-refractivity contribution in [3.05, 3.63) is 53.6 Å². The Labute approximate surface area is 113 Å². The van der Waals surface area contributed by atoms with Gasteiger partial charge in [-0.1, -0.05) is 24.3 Å². The van der Waals surface area contributed by atoms with Crippen LogP contribution in [0.4, 0.5) is 5.69 Å². The quantitative estimate of drug-likeness (QED) is 0.675. The summed E-state index contributed by atoms with van der Waals surface area (Å²) in [5.74, 6) is -0.304. The molecule has 0 amide bonds. The van der Waals surface area contributed by atoms with Crippen molar-refractivity contribution in [3.8, 4) is 11.1 Å². The van der Waals surface area contributed by atoms with Crippen LogP contribution >= 0.6 is 0 Å². The third-order valence-electron chi connectivity index (χ3n) is 2.86. The highest BCUT2D eigenvalue weighted by atomic mass is 16.5. The van der Waals surface area contributed by atoms with Gasteiger partial charge >= 0.3 is 5.97 Å². The topological polar surface area (TPSA) is 52.3 Å². The number of ether oxygens (including phenoxy) is 1. The van der Waals surface area contributed by atoms with Crippen LogP contribution in [0.2, 0.25) is 0 Å². The zero-order valence-electron chi connectivity index (χ0n) is 11.1. The fourth-order valence-electron chi connectivity index (χ4n) is 2.03. The van der Waals surface area contributed by atoms with Crippen LogP contribution in [0.25, 0.3) is 11.1 Å². The molecule has 0 aliphatic carbocycles. The van der Waals surface area contributed by atoms with E-state index in [1.165, 1.54) is 0 Å². The molecule has 0 saturated carbocycles. The Bertz CT molecular complexity index is 605. The van der Waals surface area contributed by atoms with Crippen molar-refractivity contribution in [1.82, 2.24) is 0 Å². The number of benzene rings is 2. The number of nitrogen functional groups attached to an aromatic ring is 1. The van der Waals surface area contributed by atoms with Gasteiger partial charge in [0.25, 0.3) is 0 Å². The Morgan fingerprint density at radius 2 is 1.95 bits per heavy atom. The van der Waals surface area contributed by atoms with E-state index in [1.807, 2.05) is 49.4 Å². The largest absolute Gasteiger partial charge is 0.462 e. The van der Waals surface area contributed by atoms with Gasteiger partial charge in [0.1, 0.15) is 0 Å². The molecule has 0 aliphatic heterocycles. The minimum Gasteiger partial charge on any atom is -0.462 e. The normalized spacial score (nSPS) is 10.2. The molecule has 0 bridgehead atoms. The van der Waals surface area contributed by atoms with Crippen LogP contribution < -0.4 is 5.73 Å². The first-order valence-corrected chi connectivity index (χ1v) is 6.25. The predicted molar refractivity (Wildman–Crippen MR) is 77.0 cm³/mol. The molecule has 0 heterocycles. The Hall–Kier alpha value is -2.29. The Kier molecular flexibility index (Phi) is 3.85. The van der Waals surface area contributed by atoms with Gasteiger partial charge in [0, 0.05) is 11.3 Å². The van der Waals surface area contributed by atoms with Gasteiger partial charge in [-0.05, 0) is 43.2 Å². The molecular weight excluding hydrogens is 238 g/mol. The summed E-state index contributed by atoms with van der Waals surface area (Å²) >= 11 is 0. The molecule has 0 aromatic heterocycles. The second kappa shape index (κ2) is 5.57. The fraction of sp³-hybridized carbons (Fsp3) is 0.188. The maximum absolute atomic E-state index is 11.8. The Morgan fingerprint density at radius 1 is 1.21 bits per heavy atom. The van der Waals surface area contributed by atoms with Gasteiger partial charge in [-0.25, -0.2) is 4.79 Å². The maximum Gasteiger partial charge on any atom is 0.338 e. The number of hydrogen-bond donors (Lipinski definition) is 1. The minimum absolute atomic E-state index is 0.304. The van der Waals surface area contributed by atoms with E-state index in [4.69, 9.17) is 10.5 Å². The molecule has 0 unspecified atom stereocenters. The number of carbonyl (C=O) groups excluding carboxylic acids is 1. The van der Waals surface area contributed by atoms with Gasteiger partial charge in [-0.15, -0.1) is 0 Å². The van der Waals surface area contributed by atoms with Gasteiger partial charge in [-0.3, -0.25) is 0 Å². The molecule has 19 heavy (non-hydrogen) atoms.